The Labute approximate surface area is 155 Å². The van der Waals surface area contributed by atoms with Crippen LogP contribution < -0.4 is 20.9 Å². The monoisotopic (exact) mass is 363 g/mol. The van der Waals surface area contributed by atoms with Crippen LogP contribution in [0.2, 0.25) is 0 Å². The fourth-order valence-corrected chi connectivity index (χ4v) is 3.38. The highest BCUT2D eigenvalue weighted by Crippen LogP contribution is 2.29. The number of rotatable bonds is 4. The molecule has 0 bridgehead atoms. The van der Waals surface area contributed by atoms with Crippen LogP contribution in [0.1, 0.15) is 44.2 Å². The SMILES string of the molecule is Cc1cccc(OCC(=O)NNC(=S)N[C@@H]2CCC[C@H](C)[C@@H]2C)c1C. The quantitative estimate of drug-likeness (QED) is 0.567. The molecule has 0 aliphatic heterocycles. The van der Waals surface area contributed by atoms with Crippen molar-refractivity contribution in [1.29, 1.82) is 0 Å². The van der Waals surface area contributed by atoms with Crippen LogP contribution in [-0.2, 0) is 4.79 Å². The lowest BCUT2D eigenvalue weighted by Crippen LogP contribution is -2.53. The Balaban J connectivity index is 1.72. The maximum Gasteiger partial charge on any atom is 0.276 e. The third-order valence-corrected chi connectivity index (χ3v) is 5.47. The molecule has 0 heterocycles. The zero-order valence-corrected chi connectivity index (χ0v) is 16.3. The second-order valence-corrected chi connectivity index (χ2v) is 7.42. The smallest absolute Gasteiger partial charge is 0.276 e. The Kier molecular flexibility index (Phi) is 7.05. The number of thiocarbonyl (C=S) groups is 1. The molecule has 0 radical (unpaired) electrons. The number of nitrogens with one attached hydrogen (secondary N) is 3. The van der Waals surface area contributed by atoms with Crippen LogP contribution in [0.5, 0.6) is 5.75 Å². The van der Waals surface area contributed by atoms with E-state index >= 15 is 0 Å². The van der Waals surface area contributed by atoms with E-state index in [1.54, 1.807) is 0 Å². The van der Waals surface area contributed by atoms with Gasteiger partial charge in [0, 0.05) is 6.04 Å². The molecule has 25 heavy (non-hydrogen) atoms. The minimum atomic E-state index is -0.268. The number of ether oxygens (including phenoxy) is 1. The molecule has 1 saturated carbocycles. The van der Waals surface area contributed by atoms with E-state index in [1.807, 2.05) is 32.0 Å². The summed E-state index contributed by atoms with van der Waals surface area (Å²) in [5.41, 5.74) is 7.53. The first kappa shape index (κ1) is 19.5. The molecule has 138 valence electrons. The zero-order valence-electron chi connectivity index (χ0n) is 15.5. The summed E-state index contributed by atoms with van der Waals surface area (Å²) < 4.78 is 5.58. The Hall–Kier alpha value is -1.82. The maximum atomic E-state index is 11.9. The van der Waals surface area contributed by atoms with Crippen LogP contribution in [0.15, 0.2) is 18.2 Å². The largest absolute Gasteiger partial charge is 0.483 e. The molecule has 5 nitrogen and oxygen atoms in total. The van der Waals surface area contributed by atoms with E-state index in [4.69, 9.17) is 17.0 Å². The first-order valence-electron chi connectivity index (χ1n) is 8.93. The Morgan fingerprint density at radius 1 is 1.24 bits per heavy atom. The van der Waals surface area contributed by atoms with Gasteiger partial charge in [-0.15, -0.1) is 0 Å². The molecule has 1 fully saturated rings. The average Bonchev–Trinajstić information content (AvgIpc) is 2.58. The predicted octanol–water partition coefficient (Wildman–Crippen LogP) is 3.00. The van der Waals surface area contributed by atoms with Crippen molar-refractivity contribution in [2.45, 2.75) is 53.0 Å². The lowest BCUT2D eigenvalue weighted by atomic mass is 9.78. The van der Waals surface area contributed by atoms with Gasteiger partial charge in [-0.05, 0) is 61.5 Å². The van der Waals surface area contributed by atoms with E-state index in [9.17, 15) is 4.79 Å². The molecule has 1 amide bonds. The molecule has 1 aliphatic carbocycles. The zero-order chi connectivity index (χ0) is 18.4. The molecule has 2 rings (SSSR count). The number of carbonyl (C=O) groups excluding carboxylic acids is 1. The van der Waals surface area contributed by atoms with Gasteiger partial charge in [0.2, 0.25) is 0 Å². The van der Waals surface area contributed by atoms with Gasteiger partial charge in [0.05, 0.1) is 0 Å². The summed E-state index contributed by atoms with van der Waals surface area (Å²) in [5, 5.41) is 3.76. The predicted molar refractivity (Wildman–Crippen MR) is 104 cm³/mol. The summed E-state index contributed by atoms with van der Waals surface area (Å²) in [4.78, 5) is 11.9. The van der Waals surface area contributed by atoms with E-state index < -0.39 is 0 Å². The van der Waals surface area contributed by atoms with Gasteiger partial charge >= 0.3 is 0 Å². The van der Waals surface area contributed by atoms with Crippen molar-refractivity contribution in [3.05, 3.63) is 29.3 Å². The fourth-order valence-electron chi connectivity index (χ4n) is 3.18. The van der Waals surface area contributed by atoms with Crippen LogP contribution in [-0.4, -0.2) is 23.7 Å². The van der Waals surface area contributed by atoms with Gasteiger partial charge in [0.1, 0.15) is 5.75 Å². The average molecular weight is 364 g/mol. The minimum absolute atomic E-state index is 0.0588. The highest BCUT2D eigenvalue weighted by Gasteiger charge is 2.27. The maximum absolute atomic E-state index is 11.9. The molecule has 0 aromatic heterocycles. The second kappa shape index (κ2) is 9.04. The van der Waals surface area contributed by atoms with Crippen molar-refractivity contribution in [2.75, 3.05) is 6.61 Å². The van der Waals surface area contributed by atoms with Crippen LogP contribution >= 0.6 is 12.2 Å². The normalized spacial score (nSPS) is 22.8. The standard InChI is InChI=1S/C19H29N3O2S/c1-12-7-5-9-16(14(12)3)20-19(25)22-21-18(23)11-24-17-10-6-8-13(2)15(17)4/h6,8,10,12,14,16H,5,7,9,11H2,1-4H3,(H,21,23)(H2,20,22,25)/t12-,14-,16+/m0/s1. The number of amides is 1. The van der Waals surface area contributed by atoms with Crippen molar-refractivity contribution in [2.24, 2.45) is 11.8 Å². The Bertz CT molecular complexity index is 621. The molecule has 0 saturated heterocycles. The van der Waals surface area contributed by atoms with E-state index in [-0.39, 0.29) is 12.5 Å². The second-order valence-electron chi connectivity index (χ2n) is 7.01. The molecule has 1 aliphatic rings. The van der Waals surface area contributed by atoms with Gasteiger partial charge in [0.25, 0.3) is 5.91 Å². The number of benzene rings is 1. The lowest BCUT2D eigenvalue weighted by molar-refractivity contribution is -0.123. The van der Waals surface area contributed by atoms with Crippen molar-refractivity contribution < 1.29 is 9.53 Å². The fraction of sp³-hybridized carbons (Fsp3) is 0.579. The summed E-state index contributed by atoms with van der Waals surface area (Å²) in [6.07, 6.45) is 3.59. The van der Waals surface area contributed by atoms with Gasteiger partial charge in [-0.1, -0.05) is 38.8 Å². The van der Waals surface area contributed by atoms with E-state index in [2.05, 4.69) is 30.0 Å². The molecule has 1 aromatic rings. The molecular weight excluding hydrogens is 334 g/mol. The van der Waals surface area contributed by atoms with Crippen molar-refractivity contribution in [1.82, 2.24) is 16.2 Å². The van der Waals surface area contributed by atoms with E-state index in [1.165, 1.54) is 12.8 Å². The number of carbonyl (C=O) groups is 1. The van der Waals surface area contributed by atoms with Crippen LogP contribution in [0.3, 0.4) is 0 Å². The lowest BCUT2D eigenvalue weighted by Gasteiger charge is -2.35. The van der Waals surface area contributed by atoms with Crippen LogP contribution in [0.25, 0.3) is 0 Å². The molecule has 0 unspecified atom stereocenters. The molecule has 6 heteroatoms. The van der Waals surface area contributed by atoms with E-state index in [0.29, 0.717) is 23.0 Å². The molecular formula is C19H29N3O2S. The highest BCUT2D eigenvalue weighted by atomic mass is 32.1. The molecule has 0 spiro atoms. The summed E-state index contributed by atoms with van der Waals surface area (Å²) in [5.74, 6) is 1.71. The van der Waals surface area contributed by atoms with Crippen molar-refractivity contribution in [3.63, 3.8) is 0 Å². The number of aryl methyl sites for hydroxylation is 1. The topological polar surface area (TPSA) is 62.4 Å². The van der Waals surface area contributed by atoms with Crippen molar-refractivity contribution >= 4 is 23.2 Å². The van der Waals surface area contributed by atoms with E-state index in [0.717, 1.165) is 23.3 Å². The van der Waals surface area contributed by atoms with Gasteiger partial charge in [-0.3, -0.25) is 15.6 Å². The van der Waals surface area contributed by atoms with Gasteiger partial charge in [-0.25, -0.2) is 0 Å². The minimum Gasteiger partial charge on any atom is -0.483 e. The summed E-state index contributed by atoms with van der Waals surface area (Å²) in [6.45, 7) is 8.46. The van der Waals surface area contributed by atoms with Gasteiger partial charge in [-0.2, -0.15) is 0 Å². The number of hydrogen-bond acceptors (Lipinski definition) is 3. The van der Waals surface area contributed by atoms with Crippen LogP contribution in [0.4, 0.5) is 0 Å². The Morgan fingerprint density at radius 3 is 2.76 bits per heavy atom. The van der Waals surface area contributed by atoms with Crippen molar-refractivity contribution in [3.8, 4) is 5.75 Å². The summed E-state index contributed by atoms with van der Waals surface area (Å²) >= 11 is 5.28. The number of hydrogen-bond donors (Lipinski definition) is 3. The van der Waals surface area contributed by atoms with Gasteiger partial charge in [0.15, 0.2) is 11.7 Å². The molecule has 3 N–H and O–H groups in total. The third kappa shape index (κ3) is 5.59. The first-order chi connectivity index (χ1) is 11.9. The first-order valence-corrected chi connectivity index (χ1v) is 9.33. The summed E-state index contributed by atoms with van der Waals surface area (Å²) in [7, 11) is 0. The van der Waals surface area contributed by atoms with Gasteiger partial charge < -0.3 is 10.1 Å². The third-order valence-electron chi connectivity index (χ3n) is 5.25. The number of hydrazine groups is 1. The summed E-state index contributed by atoms with van der Waals surface area (Å²) in [6, 6.07) is 6.15. The van der Waals surface area contributed by atoms with Crippen LogP contribution in [0, 0.1) is 25.7 Å². The highest BCUT2D eigenvalue weighted by molar-refractivity contribution is 7.80. The molecule has 3 atom stereocenters. The Morgan fingerprint density at radius 2 is 2.00 bits per heavy atom. The molecule has 1 aromatic carbocycles.